The predicted octanol–water partition coefficient (Wildman–Crippen LogP) is 5.22. The zero-order chi connectivity index (χ0) is 23.8. The second-order valence-corrected chi connectivity index (χ2v) is 7.42. The van der Waals surface area contributed by atoms with Crippen molar-refractivity contribution in [1.29, 1.82) is 0 Å². The molecular formula is C27H26N6O. The quantitative estimate of drug-likeness (QED) is 0.371. The Morgan fingerprint density at radius 2 is 1.85 bits per heavy atom. The molecule has 0 amide bonds. The molecule has 0 unspecified atom stereocenters. The molecule has 3 aromatic heterocycles. The molecule has 170 valence electrons. The number of rotatable bonds is 8. The van der Waals surface area contributed by atoms with Crippen LogP contribution in [0.4, 0.5) is 5.82 Å². The maximum Gasteiger partial charge on any atom is 0.187 e. The lowest BCUT2D eigenvalue weighted by molar-refractivity contribution is 0.414. The number of nitrogens with one attached hydrogen (secondary N) is 1. The second-order valence-electron chi connectivity index (χ2n) is 7.42. The highest BCUT2D eigenvalue weighted by Gasteiger charge is 2.18. The van der Waals surface area contributed by atoms with Gasteiger partial charge < -0.3 is 10.1 Å². The number of allylic oxidation sites excluding steroid dienone is 2. The number of hydrogen-bond acceptors (Lipinski definition) is 7. The van der Waals surface area contributed by atoms with Gasteiger partial charge in [-0.05, 0) is 42.8 Å². The number of anilines is 1. The fourth-order valence-electron chi connectivity index (χ4n) is 3.56. The molecule has 4 rings (SSSR count). The van der Waals surface area contributed by atoms with Crippen molar-refractivity contribution in [3.05, 3.63) is 96.6 Å². The van der Waals surface area contributed by atoms with E-state index in [1.54, 1.807) is 32.7 Å². The Morgan fingerprint density at radius 3 is 2.56 bits per heavy atom. The highest BCUT2D eigenvalue weighted by Crippen LogP contribution is 2.36. The first-order valence-corrected chi connectivity index (χ1v) is 10.9. The minimum atomic E-state index is 0.546. The smallest absolute Gasteiger partial charge is 0.187 e. The Morgan fingerprint density at radius 1 is 1.00 bits per heavy atom. The standard InChI is InChI=1S/C27H26N6O/c1-4-7-23(28-2)21-9-5-10-22(16-21)26-32-24(20-11-14-29-15-12-20)25(34-3)27(33-26)31-18-19-8-6-13-30-17-19/h4-17H,18H2,1-3H3,(H,31,32,33)/b7-4-,28-23?. The van der Waals surface area contributed by atoms with Gasteiger partial charge in [0.1, 0.15) is 5.69 Å². The van der Waals surface area contributed by atoms with E-state index < -0.39 is 0 Å². The van der Waals surface area contributed by atoms with E-state index >= 15 is 0 Å². The van der Waals surface area contributed by atoms with E-state index in [-0.39, 0.29) is 0 Å². The molecule has 0 radical (unpaired) electrons. The minimum Gasteiger partial charge on any atom is -0.491 e. The topological polar surface area (TPSA) is 85.2 Å². The summed E-state index contributed by atoms with van der Waals surface area (Å²) in [6.45, 7) is 2.52. The monoisotopic (exact) mass is 450 g/mol. The van der Waals surface area contributed by atoms with Crippen LogP contribution in [0.1, 0.15) is 18.1 Å². The Kier molecular flexibility index (Phi) is 7.35. The van der Waals surface area contributed by atoms with Crippen LogP contribution in [0.3, 0.4) is 0 Å². The minimum absolute atomic E-state index is 0.546. The number of hydrogen-bond donors (Lipinski definition) is 1. The third-order valence-electron chi connectivity index (χ3n) is 5.19. The summed E-state index contributed by atoms with van der Waals surface area (Å²) in [4.78, 5) is 22.5. The summed E-state index contributed by atoms with van der Waals surface area (Å²) < 4.78 is 5.77. The normalized spacial score (nSPS) is 11.6. The number of benzene rings is 1. The van der Waals surface area contributed by atoms with E-state index in [9.17, 15) is 0 Å². The van der Waals surface area contributed by atoms with Crippen LogP contribution in [0.5, 0.6) is 5.75 Å². The van der Waals surface area contributed by atoms with Gasteiger partial charge in [-0.1, -0.05) is 30.3 Å². The summed E-state index contributed by atoms with van der Waals surface area (Å²) >= 11 is 0. The molecule has 1 aromatic carbocycles. The molecule has 7 heteroatoms. The molecule has 1 N–H and O–H groups in total. The molecule has 4 aromatic rings. The molecule has 0 aliphatic carbocycles. The van der Waals surface area contributed by atoms with Crippen molar-refractivity contribution in [2.45, 2.75) is 13.5 Å². The van der Waals surface area contributed by atoms with Gasteiger partial charge >= 0.3 is 0 Å². The van der Waals surface area contributed by atoms with Crippen molar-refractivity contribution in [2.24, 2.45) is 4.99 Å². The van der Waals surface area contributed by atoms with E-state index in [2.05, 4.69) is 20.3 Å². The lowest BCUT2D eigenvalue weighted by Gasteiger charge is -2.16. The first-order valence-electron chi connectivity index (χ1n) is 10.9. The van der Waals surface area contributed by atoms with Crippen LogP contribution in [0.2, 0.25) is 0 Å². The number of pyridine rings is 2. The average Bonchev–Trinajstić information content (AvgIpc) is 2.91. The molecule has 3 heterocycles. The molecule has 0 atom stereocenters. The van der Waals surface area contributed by atoms with Gasteiger partial charge in [-0.15, -0.1) is 0 Å². The van der Waals surface area contributed by atoms with Crippen LogP contribution in [0, 0.1) is 0 Å². The van der Waals surface area contributed by atoms with Crippen molar-refractivity contribution in [3.63, 3.8) is 0 Å². The SMILES string of the molecule is C/C=C\C(=NC)c1cccc(-c2nc(NCc3cccnc3)c(OC)c(-c3ccncc3)n2)c1. The third kappa shape index (κ3) is 5.15. The molecule has 0 saturated carbocycles. The molecule has 0 aliphatic rings. The predicted molar refractivity (Wildman–Crippen MR) is 136 cm³/mol. The van der Waals surface area contributed by atoms with Crippen LogP contribution < -0.4 is 10.1 Å². The highest BCUT2D eigenvalue weighted by atomic mass is 16.5. The number of aromatic nitrogens is 4. The van der Waals surface area contributed by atoms with Gasteiger partial charge in [0.25, 0.3) is 0 Å². The lowest BCUT2D eigenvalue weighted by Crippen LogP contribution is -2.07. The summed E-state index contributed by atoms with van der Waals surface area (Å²) in [6.07, 6.45) is 11.0. The zero-order valence-corrected chi connectivity index (χ0v) is 19.4. The Balaban J connectivity index is 1.83. The van der Waals surface area contributed by atoms with Crippen LogP contribution in [0.15, 0.2) is 90.5 Å². The molecule has 0 saturated heterocycles. The van der Waals surface area contributed by atoms with Gasteiger partial charge in [-0.2, -0.15) is 0 Å². The first kappa shape index (κ1) is 22.8. The average molecular weight is 451 g/mol. The van der Waals surface area contributed by atoms with Crippen molar-refractivity contribution in [3.8, 4) is 28.4 Å². The van der Waals surface area contributed by atoms with E-state index in [1.807, 2.05) is 73.8 Å². The molecule has 34 heavy (non-hydrogen) atoms. The highest BCUT2D eigenvalue weighted by molar-refractivity contribution is 6.09. The number of aliphatic imine (C=N–C) groups is 1. The van der Waals surface area contributed by atoms with E-state index in [0.29, 0.717) is 29.6 Å². The number of nitrogens with zero attached hydrogens (tertiary/aromatic N) is 5. The van der Waals surface area contributed by atoms with E-state index in [1.165, 1.54) is 0 Å². The Bertz CT molecular complexity index is 1300. The third-order valence-corrected chi connectivity index (χ3v) is 5.19. The molecule has 7 nitrogen and oxygen atoms in total. The van der Waals surface area contributed by atoms with Crippen molar-refractivity contribution in [1.82, 2.24) is 19.9 Å². The molecule has 0 fully saturated rings. The lowest BCUT2D eigenvalue weighted by atomic mass is 10.0. The van der Waals surface area contributed by atoms with Gasteiger partial charge in [-0.3, -0.25) is 15.0 Å². The maximum atomic E-state index is 5.77. The van der Waals surface area contributed by atoms with Gasteiger partial charge in [0.2, 0.25) is 0 Å². The fourth-order valence-corrected chi connectivity index (χ4v) is 3.56. The van der Waals surface area contributed by atoms with Gasteiger partial charge in [0.15, 0.2) is 17.4 Å². The van der Waals surface area contributed by atoms with Crippen LogP contribution in [0.25, 0.3) is 22.6 Å². The maximum absolute atomic E-state index is 5.77. The molecule has 0 aliphatic heterocycles. The van der Waals surface area contributed by atoms with Gasteiger partial charge in [-0.25, -0.2) is 9.97 Å². The van der Waals surface area contributed by atoms with E-state index in [0.717, 1.165) is 28.0 Å². The van der Waals surface area contributed by atoms with Gasteiger partial charge in [0.05, 0.1) is 12.8 Å². The fraction of sp³-hybridized carbons (Fsp3) is 0.148. The van der Waals surface area contributed by atoms with Crippen molar-refractivity contribution < 1.29 is 4.74 Å². The van der Waals surface area contributed by atoms with Crippen LogP contribution in [-0.2, 0) is 6.54 Å². The Hall–Kier alpha value is -4.39. The largest absolute Gasteiger partial charge is 0.491 e. The summed E-state index contributed by atoms with van der Waals surface area (Å²) in [5.74, 6) is 1.75. The Labute approximate surface area is 199 Å². The molecular weight excluding hydrogens is 424 g/mol. The number of methoxy groups -OCH3 is 1. The van der Waals surface area contributed by atoms with E-state index in [4.69, 9.17) is 14.7 Å². The summed E-state index contributed by atoms with van der Waals surface area (Å²) in [5, 5.41) is 3.40. The summed E-state index contributed by atoms with van der Waals surface area (Å²) in [7, 11) is 3.41. The molecule has 0 spiro atoms. The van der Waals surface area contributed by atoms with Gasteiger partial charge in [0, 0.05) is 55.1 Å². The first-order chi connectivity index (χ1) is 16.7. The molecule has 0 bridgehead atoms. The van der Waals surface area contributed by atoms with Crippen LogP contribution >= 0.6 is 0 Å². The van der Waals surface area contributed by atoms with Crippen molar-refractivity contribution >= 4 is 11.5 Å². The second kappa shape index (κ2) is 11.0. The van der Waals surface area contributed by atoms with Crippen LogP contribution in [-0.4, -0.2) is 39.8 Å². The van der Waals surface area contributed by atoms with Crippen molar-refractivity contribution in [2.75, 3.05) is 19.5 Å². The summed E-state index contributed by atoms with van der Waals surface area (Å²) in [6, 6.07) is 15.8. The number of ether oxygens (including phenoxy) is 1. The zero-order valence-electron chi connectivity index (χ0n) is 19.4. The summed E-state index contributed by atoms with van der Waals surface area (Å²) in [5.41, 5.74) is 5.38.